The minimum Gasteiger partial charge on any atom is -0.458 e. The Labute approximate surface area is 154 Å². The molecule has 3 aromatic carbocycles. The van der Waals surface area contributed by atoms with Gasteiger partial charge in [-0.05, 0) is 47.7 Å². The molecule has 0 aromatic heterocycles. The first-order valence-corrected chi connectivity index (χ1v) is 9.12. The van der Waals surface area contributed by atoms with Gasteiger partial charge in [0.05, 0.1) is 18.0 Å². The number of hydrogen-bond acceptors (Lipinski definition) is 3. The fourth-order valence-electron chi connectivity index (χ4n) is 4.12. The molecule has 3 aromatic rings. The normalized spacial score (nSPS) is 14.7. The summed E-state index contributed by atoms with van der Waals surface area (Å²) in [5.74, 6) is 1.96. The highest BCUT2D eigenvalue weighted by Crippen LogP contribution is 2.42. The van der Waals surface area contributed by atoms with Crippen LogP contribution in [0.2, 0.25) is 6.82 Å². The maximum atomic E-state index is 6.24. The van der Waals surface area contributed by atoms with Gasteiger partial charge < -0.3 is 14.5 Å². The number of aryl methyl sites for hydroxylation is 1. The summed E-state index contributed by atoms with van der Waals surface area (Å²) in [6.07, 6.45) is 0. The van der Waals surface area contributed by atoms with Gasteiger partial charge in [0.1, 0.15) is 11.5 Å². The molecule has 128 valence electrons. The summed E-state index contributed by atoms with van der Waals surface area (Å²) in [6, 6.07) is 21.6. The van der Waals surface area contributed by atoms with Crippen molar-refractivity contribution < 1.29 is 4.74 Å². The minimum absolute atomic E-state index is 0.325. The van der Waals surface area contributed by atoms with Gasteiger partial charge in [-0.1, -0.05) is 37.2 Å². The Morgan fingerprint density at radius 3 is 2.58 bits per heavy atom. The second kappa shape index (κ2) is 5.56. The molecular weight excluding hydrogens is 319 g/mol. The SMILES string of the molecule is CB1c2ccccc2Oc2cc3c(cc21)N(c1cccc(C)c1)CN3C. The summed E-state index contributed by atoms with van der Waals surface area (Å²) in [4.78, 5) is 4.67. The third-order valence-corrected chi connectivity index (χ3v) is 5.55. The highest BCUT2D eigenvalue weighted by molar-refractivity contribution is 6.86. The van der Waals surface area contributed by atoms with Crippen molar-refractivity contribution in [1.29, 1.82) is 0 Å². The van der Waals surface area contributed by atoms with Crippen molar-refractivity contribution in [3.05, 3.63) is 66.2 Å². The monoisotopic (exact) mass is 340 g/mol. The summed E-state index contributed by atoms with van der Waals surface area (Å²) in [6.45, 7) is 5.58. The summed E-state index contributed by atoms with van der Waals surface area (Å²) >= 11 is 0. The van der Waals surface area contributed by atoms with Crippen molar-refractivity contribution in [2.75, 3.05) is 23.5 Å². The van der Waals surface area contributed by atoms with Crippen LogP contribution in [0.4, 0.5) is 17.1 Å². The van der Waals surface area contributed by atoms with E-state index in [9.17, 15) is 0 Å². The molecule has 0 radical (unpaired) electrons. The topological polar surface area (TPSA) is 15.7 Å². The zero-order valence-electron chi connectivity index (χ0n) is 15.4. The maximum absolute atomic E-state index is 6.24. The first-order valence-electron chi connectivity index (χ1n) is 9.12. The van der Waals surface area contributed by atoms with E-state index in [2.05, 4.69) is 85.2 Å². The van der Waals surface area contributed by atoms with E-state index in [1.807, 2.05) is 6.07 Å². The molecule has 2 aliphatic heterocycles. The quantitative estimate of drug-likeness (QED) is 0.625. The van der Waals surface area contributed by atoms with Gasteiger partial charge in [-0.15, -0.1) is 0 Å². The van der Waals surface area contributed by atoms with E-state index in [1.54, 1.807) is 0 Å². The zero-order valence-corrected chi connectivity index (χ0v) is 15.4. The average molecular weight is 340 g/mol. The molecule has 5 rings (SSSR count). The molecule has 26 heavy (non-hydrogen) atoms. The van der Waals surface area contributed by atoms with Crippen LogP contribution in [0.3, 0.4) is 0 Å². The molecule has 0 atom stereocenters. The molecule has 0 unspecified atom stereocenters. The number of anilines is 3. The highest BCUT2D eigenvalue weighted by Gasteiger charge is 2.32. The van der Waals surface area contributed by atoms with Gasteiger partial charge in [0.2, 0.25) is 6.71 Å². The van der Waals surface area contributed by atoms with E-state index in [-0.39, 0.29) is 0 Å². The molecular formula is C22H21BN2O. The molecule has 0 amide bonds. The largest absolute Gasteiger partial charge is 0.458 e. The average Bonchev–Trinajstić information content (AvgIpc) is 2.97. The Morgan fingerprint density at radius 1 is 0.885 bits per heavy atom. The van der Waals surface area contributed by atoms with Crippen molar-refractivity contribution >= 4 is 34.7 Å². The molecule has 4 heteroatoms. The Balaban J connectivity index is 1.64. The lowest BCUT2D eigenvalue weighted by molar-refractivity contribution is 0.487. The second-order valence-electron chi connectivity index (χ2n) is 7.35. The number of nitrogens with zero attached hydrogens (tertiary/aromatic N) is 2. The number of ether oxygens (including phenoxy) is 1. The first kappa shape index (κ1) is 15.4. The van der Waals surface area contributed by atoms with Gasteiger partial charge in [0, 0.05) is 18.8 Å². The Morgan fingerprint density at radius 2 is 1.73 bits per heavy atom. The van der Waals surface area contributed by atoms with Gasteiger partial charge in [-0.2, -0.15) is 0 Å². The molecule has 0 bridgehead atoms. The fraction of sp³-hybridized carbons (Fsp3) is 0.182. The van der Waals surface area contributed by atoms with E-state index in [1.165, 1.54) is 33.6 Å². The third kappa shape index (κ3) is 2.22. The lowest BCUT2D eigenvalue weighted by atomic mass is 9.41. The second-order valence-corrected chi connectivity index (χ2v) is 7.35. The summed E-state index contributed by atoms with van der Waals surface area (Å²) in [7, 11) is 2.14. The standard InChI is InChI=1S/C22H21BN2O/c1-15-7-6-8-16(11-15)25-14-24(3)19-13-22-18(12-20(19)25)23(2)17-9-4-5-10-21(17)26-22/h4-13H,14H2,1-3H3. The number of benzene rings is 3. The smallest absolute Gasteiger partial charge is 0.216 e. The van der Waals surface area contributed by atoms with Crippen molar-refractivity contribution in [3.8, 4) is 11.5 Å². The van der Waals surface area contributed by atoms with Crippen LogP contribution in [-0.4, -0.2) is 20.4 Å². The van der Waals surface area contributed by atoms with Crippen molar-refractivity contribution in [2.24, 2.45) is 0 Å². The van der Waals surface area contributed by atoms with E-state index in [4.69, 9.17) is 4.74 Å². The first-order chi connectivity index (χ1) is 12.6. The van der Waals surface area contributed by atoms with E-state index in [0.29, 0.717) is 6.71 Å². The fourth-order valence-corrected chi connectivity index (χ4v) is 4.12. The third-order valence-electron chi connectivity index (χ3n) is 5.55. The molecule has 3 nitrogen and oxygen atoms in total. The van der Waals surface area contributed by atoms with Crippen LogP contribution in [0, 0.1) is 6.92 Å². The molecule has 0 saturated heterocycles. The minimum atomic E-state index is 0.325. The van der Waals surface area contributed by atoms with Crippen LogP contribution in [0.1, 0.15) is 5.56 Å². The van der Waals surface area contributed by atoms with Crippen molar-refractivity contribution in [3.63, 3.8) is 0 Å². The number of para-hydroxylation sites is 1. The summed E-state index contributed by atoms with van der Waals surface area (Å²) in [5.41, 5.74) is 7.51. The van der Waals surface area contributed by atoms with Gasteiger partial charge in [0.25, 0.3) is 0 Å². The predicted molar refractivity (Wildman–Crippen MR) is 110 cm³/mol. The molecule has 0 fully saturated rings. The van der Waals surface area contributed by atoms with Gasteiger partial charge >= 0.3 is 0 Å². The molecule has 0 aliphatic carbocycles. The van der Waals surface area contributed by atoms with Gasteiger partial charge in [0.15, 0.2) is 0 Å². The molecule has 2 heterocycles. The van der Waals surface area contributed by atoms with E-state index >= 15 is 0 Å². The van der Waals surface area contributed by atoms with Crippen LogP contribution in [0.5, 0.6) is 11.5 Å². The number of rotatable bonds is 1. The van der Waals surface area contributed by atoms with Crippen LogP contribution >= 0.6 is 0 Å². The Bertz CT molecular complexity index is 1020. The Hall–Kier alpha value is -2.88. The summed E-state index contributed by atoms with van der Waals surface area (Å²) in [5, 5.41) is 0. The van der Waals surface area contributed by atoms with Crippen molar-refractivity contribution in [1.82, 2.24) is 0 Å². The zero-order chi connectivity index (χ0) is 17.8. The highest BCUT2D eigenvalue weighted by atomic mass is 16.5. The van der Waals surface area contributed by atoms with Gasteiger partial charge in [-0.25, -0.2) is 0 Å². The maximum Gasteiger partial charge on any atom is 0.216 e. The summed E-state index contributed by atoms with van der Waals surface area (Å²) < 4.78 is 6.24. The molecule has 0 N–H and O–H groups in total. The lowest BCUT2D eigenvalue weighted by Gasteiger charge is -2.26. The number of fused-ring (bicyclic) bond motifs is 3. The van der Waals surface area contributed by atoms with Gasteiger partial charge in [-0.3, -0.25) is 0 Å². The van der Waals surface area contributed by atoms with E-state index in [0.717, 1.165) is 18.2 Å². The number of hydrogen-bond donors (Lipinski definition) is 0. The van der Waals surface area contributed by atoms with Crippen LogP contribution in [0.25, 0.3) is 0 Å². The predicted octanol–water partition coefficient (Wildman–Crippen LogP) is 3.88. The van der Waals surface area contributed by atoms with E-state index < -0.39 is 0 Å². The molecule has 0 saturated carbocycles. The van der Waals surface area contributed by atoms with Crippen LogP contribution in [0.15, 0.2) is 60.7 Å². The lowest BCUT2D eigenvalue weighted by Crippen LogP contribution is -2.43. The van der Waals surface area contributed by atoms with Crippen LogP contribution in [-0.2, 0) is 0 Å². The van der Waals surface area contributed by atoms with Crippen LogP contribution < -0.4 is 25.5 Å². The molecule has 2 aliphatic rings. The van der Waals surface area contributed by atoms with Crippen molar-refractivity contribution in [2.45, 2.75) is 13.7 Å². The Kier molecular flexibility index (Phi) is 3.29. The molecule has 0 spiro atoms.